The predicted molar refractivity (Wildman–Crippen MR) is 137 cm³/mol. The maximum Gasteiger partial charge on any atom is 0.302 e. The Kier molecular flexibility index (Phi) is 6.88. The van der Waals surface area contributed by atoms with E-state index in [1.165, 1.54) is 34.3 Å². The molecule has 1 atom stereocenters. The van der Waals surface area contributed by atoms with Crippen LogP contribution in [-0.2, 0) is 15.3 Å². The second-order valence-electron chi connectivity index (χ2n) is 7.77. The average molecular weight is 520 g/mol. The zero-order valence-electron chi connectivity index (χ0n) is 19.2. The fourth-order valence-corrected chi connectivity index (χ4v) is 5.68. The van der Waals surface area contributed by atoms with Gasteiger partial charge >= 0.3 is 5.91 Å². The average Bonchev–Trinajstić information content (AvgIpc) is 3.65. The molecule has 2 aromatic heterocycles. The molecule has 8 nitrogen and oxygen atoms in total. The number of aromatic nitrogens is 2. The molecule has 36 heavy (non-hydrogen) atoms. The van der Waals surface area contributed by atoms with Gasteiger partial charge in [-0.3, -0.25) is 14.5 Å². The molecule has 4 aromatic rings. The quantitative estimate of drug-likeness (QED) is 0.108. The van der Waals surface area contributed by atoms with E-state index in [0.717, 1.165) is 5.56 Å². The normalized spacial score (nSPS) is 17.0. The van der Waals surface area contributed by atoms with E-state index in [0.29, 0.717) is 33.8 Å². The Hall–Kier alpha value is -3.89. The number of ether oxygens (including phenoxy) is 1. The van der Waals surface area contributed by atoms with Gasteiger partial charge in [0, 0.05) is 11.3 Å². The SMILES string of the molecule is CCOc1ccc(/C(O)=C2/C(=O)C(=O)N(c3nnc(SCc4ccccc4)s3)C2c2ccco2)cc1. The van der Waals surface area contributed by atoms with Crippen molar-refractivity contribution < 1.29 is 23.8 Å². The van der Waals surface area contributed by atoms with Crippen LogP contribution >= 0.6 is 23.1 Å². The minimum atomic E-state index is -0.980. The first-order chi connectivity index (χ1) is 17.6. The van der Waals surface area contributed by atoms with Crippen LogP contribution < -0.4 is 9.64 Å². The highest BCUT2D eigenvalue weighted by molar-refractivity contribution is 8.00. The maximum absolute atomic E-state index is 13.2. The molecule has 3 heterocycles. The second-order valence-corrected chi connectivity index (χ2v) is 9.95. The number of amides is 1. The summed E-state index contributed by atoms with van der Waals surface area (Å²) in [6.07, 6.45) is 1.45. The molecule has 182 valence electrons. The summed E-state index contributed by atoms with van der Waals surface area (Å²) in [5.74, 6) is -0.283. The first-order valence-corrected chi connectivity index (χ1v) is 12.9. The molecule has 1 N–H and O–H groups in total. The summed E-state index contributed by atoms with van der Waals surface area (Å²) in [5, 5.41) is 19.8. The van der Waals surface area contributed by atoms with E-state index in [1.807, 2.05) is 37.3 Å². The summed E-state index contributed by atoms with van der Waals surface area (Å²) < 4.78 is 11.7. The van der Waals surface area contributed by atoms with Crippen molar-refractivity contribution in [2.75, 3.05) is 11.5 Å². The lowest BCUT2D eigenvalue weighted by atomic mass is 9.99. The van der Waals surface area contributed by atoms with E-state index >= 15 is 0 Å². The van der Waals surface area contributed by atoms with E-state index in [2.05, 4.69) is 10.2 Å². The van der Waals surface area contributed by atoms with Gasteiger partial charge in [-0.15, -0.1) is 10.2 Å². The number of carbonyl (C=O) groups is 2. The van der Waals surface area contributed by atoms with Gasteiger partial charge in [0.25, 0.3) is 5.78 Å². The highest BCUT2D eigenvalue weighted by Gasteiger charge is 2.49. The monoisotopic (exact) mass is 519 g/mol. The standard InChI is InChI=1S/C26H21N3O5S2/c1-2-33-18-12-10-17(11-13-18)22(30)20-21(19-9-6-14-34-19)29(24(32)23(20)31)25-27-28-26(36-25)35-15-16-7-4-3-5-8-16/h3-14,21,30H,2,15H2,1H3/b22-20-. The molecule has 5 rings (SSSR count). The van der Waals surface area contributed by atoms with Crippen LogP contribution in [0.2, 0.25) is 0 Å². The number of benzene rings is 2. The topological polar surface area (TPSA) is 106 Å². The van der Waals surface area contributed by atoms with Crippen LogP contribution in [0.15, 0.2) is 87.3 Å². The van der Waals surface area contributed by atoms with Gasteiger partial charge in [0.1, 0.15) is 23.3 Å². The first kappa shape index (κ1) is 23.8. The number of rotatable bonds is 8. The van der Waals surface area contributed by atoms with Crippen molar-refractivity contribution in [1.29, 1.82) is 0 Å². The molecule has 1 aliphatic rings. The van der Waals surface area contributed by atoms with Crippen LogP contribution in [0.1, 0.15) is 29.9 Å². The number of Topliss-reactive ketones (excluding diaryl/α,β-unsaturated/α-hetero) is 1. The van der Waals surface area contributed by atoms with Crippen molar-refractivity contribution in [2.45, 2.75) is 23.1 Å². The molecule has 1 aliphatic heterocycles. The van der Waals surface area contributed by atoms with Crippen LogP contribution in [-0.4, -0.2) is 33.6 Å². The van der Waals surface area contributed by atoms with Crippen molar-refractivity contribution in [3.8, 4) is 5.75 Å². The molecule has 0 aliphatic carbocycles. The highest BCUT2D eigenvalue weighted by Crippen LogP contribution is 2.44. The van der Waals surface area contributed by atoms with Crippen molar-refractivity contribution >= 4 is 45.7 Å². The van der Waals surface area contributed by atoms with Crippen molar-refractivity contribution in [3.63, 3.8) is 0 Å². The number of anilines is 1. The molecule has 0 saturated carbocycles. The van der Waals surface area contributed by atoms with E-state index < -0.39 is 17.7 Å². The van der Waals surface area contributed by atoms with Crippen molar-refractivity contribution in [2.24, 2.45) is 0 Å². The van der Waals surface area contributed by atoms with Crippen LogP contribution in [0.5, 0.6) is 5.75 Å². The maximum atomic E-state index is 13.2. The molecule has 10 heteroatoms. The number of aliphatic hydroxyl groups excluding tert-OH is 1. The highest BCUT2D eigenvalue weighted by atomic mass is 32.2. The zero-order valence-corrected chi connectivity index (χ0v) is 20.8. The van der Waals surface area contributed by atoms with E-state index in [1.54, 1.807) is 36.4 Å². The number of nitrogens with zero attached hydrogens (tertiary/aromatic N) is 3. The van der Waals surface area contributed by atoms with Crippen molar-refractivity contribution in [3.05, 3.63) is 95.5 Å². The number of aliphatic hydroxyl groups is 1. The molecule has 0 radical (unpaired) electrons. The Balaban J connectivity index is 1.49. The van der Waals surface area contributed by atoms with Gasteiger partial charge in [0.05, 0.1) is 18.4 Å². The third-order valence-electron chi connectivity index (χ3n) is 5.50. The Bertz CT molecular complexity index is 1400. The molecule has 2 aromatic carbocycles. The predicted octanol–water partition coefficient (Wildman–Crippen LogP) is 5.45. The fraction of sp³-hybridized carbons (Fsp3) is 0.154. The minimum absolute atomic E-state index is 0.0761. The molecule has 0 spiro atoms. The van der Waals surface area contributed by atoms with Gasteiger partial charge < -0.3 is 14.3 Å². The van der Waals surface area contributed by atoms with Crippen LogP contribution in [0.3, 0.4) is 0 Å². The third kappa shape index (κ3) is 4.65. The lowest BCUT2D eigenvalue weighted by Crippen LogP contribution is -2.29. The van der Waals surface area contributed by atoms with E-state index in [-0.39, 0.29) is 16.5 Å². The van der Waals surface area contributed by atoms with E-state index in [4.69, 9.17) is 9.15 Å². The Morgan fingerprint density at radius 3 is 2.56 bits per heavy atom. The molecular formula is C26H21N3O5S2. The fourth-order valence-electron chi connectivity index (χ4n) is 3.85. The third-order valence-corrected chi connectivity index (χ3v) is 7.63. The second kappa shape index (κ2) is 10.4. The lowest BCUT2D eigenvalue weighted by molar-refractivity contribution is -0.132. The Morgan fingerprint density at radius 1 is 1.08 bits per heavy atom. The van der Waals surface area contributed by atoms with Gasteiger partial charge in [0.15, 0.2) is 4.34 Å². The number of carbonyl (C=O) groups excluding carboxylic acids is 2. The lowest BCUT2D eigenvalue weighted by Gasteiger charge is -2.20. The van der Waals surface area contributed by atoms with Gasteiger partial charge in [-0.25, -0.2) is 0 Å². The van der Waals surface area contributed by atoms with Gasteiger partial charge in [-0.2, -0.15) is 0 Å². The smallest absolute Gasteiger partial charge is 0.302 e. The Morgan fingerprint density at radius 2 is 1.86 bits per heavy atom. The number of hydrogen-bond donors (Lipinski definition) is 1. The number of ketones is 1. The number of furan rings is 1. The van der Waals surface area contributed by atoms with Crippen LogP contribution in [0.25, 0.3) is 5.76 Å². The number of thioether (sulfide) groups is 1. The van der Waals surface area contributed by atoms with Crippen LogP contribution in [0, 0.1) is 0 Å². The minimum Gasteiger partial charge on any atom is -0.507 e. The van der Waals surface area contributed by atoms with Crippen LogP contribution in [0.4, 0.5) is 5.13 Å². The first-order valence-electron chi connectivity index (χ1n) is 11.1. The zero-order chi connectivity index (χ0) is 25.1. The summed E-state index contributed by atoms with van der Waals surface area (Å²) in [4.78, 5) is 27.6. The number of hydrogen-bond acceptors (Lipinski definition) is 9. The molecule has 1 unspecified atom stereocenters. The molecule has 1 saturated heterocycles. The molecule has 1 fully saturated rings. The van der Waals surface area contributed by atoms with E-state index in [9.17, 15) is 14.7 Å². The van der Waals surface area contributed by atoms with Gasteiger partial charge in [0.2, 0.25) is 5.13 Å². The molecule has 1 amide bonds. The largest absolute Gasteiger partial charge is 0.507 e. The summed E-state index contributed by atoms with van der Waals surface area (Å²) >= 11 is 2.69. The summed E-state index contributed by atoms with van der Waals surface area (Å²) in [6.45, 7) is 2.38. The van der Waals surface area contributed by atoms with Gasteiger partial charge in [-0.05, 0) is 48.9 Å². The summed E-state index contributed by atoms with van der Waals surface area (Å²) in [7, 11) is 0. The molecular weight excluding hydrogens is 498 g/mol. The van der Waals surface area contributed by atoms with Crippen molar-refractivity contribution in [1.82, 2.24) is 10.2 Å². The Labute approximate surface area is 215 Å². The summed E-state index contributed by atoms with van der Waals surface area (Å²) in [5.41, 5.74) is 1.43. The molecule has 0 bridgehead atoms. The van der Waals surface area contributed by atoms with Gasteiger partial charge in [-0.1, -0.05) is 53.4 Å². The summed E-state index contributed by atoms with van der Waals surface area (Å²) in [6, 6.07) is 18.9.